The van der Waals surface area contributed by atoms with Gasteiger partial charge in [-0.25, -0.2) is 4.98 Å². The van der Waals surface area contributed by atoms with Crippen LogP contribution in [0.3, 0.4) is 0 Å². The van der Waals surface area contributed by atoms with Gasteiger partial charge in [-0.1, -0.05) is 23.9 Å². The molecule has 6 heteroatoms. The molecule has 3 rings (SSSR count). The van der Waals surface area contributed by atoms with Crippen molar-refractivity contribution in [2.75, 3.05) is 7.11 Å². The molecule has 0 atom stereocenters. The van der Waals surface area contributed by atoms with Crippen molar-refractivity contribution >= 4 is 11.8 Å². The van der Waals surface area contributed by atoms with E-state index < -0.39 is 0 Å². The minimum absolute atomic E-state index is 0.697. The Balaban J connectivity index is 1.76. The zero-order valence-electron chi connectivity index (χ0n) is 12.4. The number of aryl methyl sites for hydroxylation is 1. The second-order valence-corrected chi connectivity index (χ2v) is 5.72. The van der Waals surface area contributed by atoms with Crippen LogP contribution in [0.2, 0.25) is 0 Å². The topological polar surface area (TPSA) is 63.7 Å². The fourth-order valence-electron chi connectivity index (χ4n) is 2.05. The van der Waals surface area contributed by atoms with Crippen molar-refractivity contribution in [2.45, 2.75) is 17.8 Å². The number of aromatic nitrogens is 4. The molecule has 2 heterocycles. The fourth-order valence-corrected chi connectivity index (χ4v) is 2.76. The summed E-state index contributed by atoms with van der Waals surface area (Å²) in [5.74, 6) is 2.24. The molecule has 1 N–H and O–H groups in total. The highest BCUT2D eigenvalue weighted by molar-refractivity contribution is 7.98. The molecular weight excluding hydrogens is 296 g/mol. The molecule has 0 spiro atoms. The number of hydrogen-bond donors (Lipinski definition) is 1. The predicted octanol–water partition coefficient (Wildman–Crippen LogP) is 3.48. The maximum Gasteiger partial charge on any atom is 0.209 e. The Labute approximate surface area is 133 Å². The van der Waals surface area contributed by atoms with Crippen LogP contribution in [-0.4, -0.2) is 27.3 Å². The summed E-state index contributed by atoms with van der Waals surface area (Å²) in [5.41, 5.74) is 3.06. The van der Waals surface area contributed by atoms with E-state index in [0.717, 1.165) is 28.3 Å². The van der Waals surface area contributed by atoms with Gasteiger partial charge in [0.1, 0.15) is 5.75 Å². The molecule has 22 heavy (non-hydrogen) atoms. The van der Waals surface area contributed by atoms with Gasteiger partial charge in [-0.05, 0) is 36.8 Å². The molecule has 3 aromatic rings. The van der Waals surface area contributed by atoms with E-state index in [4.69, 9.17) is 4.74 Å². The molecule has 0 fully saturated rings. The van der Waals surface area contributed by atoms with Crippen molar-refractivity contribution in [1.82, 2.24) is 20.2 Å². The van der Waals surface area contributed by atoms with Gasteiger partial charge >= 0.3 is 0 Å². The molecule has 0 bridgehead atoms. The second kappa shape index (κ2) is 6.62. The lowest BCUT2D eigenvalue weighted by Crippen LogP contribution is -1.90. The third-order valence-corrected chi connectivity index (χ3v) is 4.03. The average Bonchev–Trinajstić information content (AvgIpc) is 3.02. The second-order valence-electron chi connectivity index (χ2n) is 4.78. The zero-order chi connectivity index (χ0) is 15.4. The Hall–Kier alpha value is -2.34. The maximum absolute atomic E-state index is 5.41. The van der Waals surface area contributed by atoms with Gasteiger partial charge in [-0.15, -0.1) is 5.10 Å². The van der Waals surface area contributed by atoms with E-state index in [-0.39, 0.29) is 0 Å². The largest absolute Gasteiger partial charge is 0.496 e. The van der Waals surface area contributed by atoms with Crippen molar-refractivity contribution in [3.63, 3.8) is 0 Å². The van der Waals surface area contributed by atoms with Crippen molar-refractivity contribution in [2.24, 2.45) is 0 Å². The maximum atomic E-state index is 5.41. The molecule has 112 valence electrons. The predicted molar refractivity (Wildman–Crippen MR) is 86.9 cm³/mol. The van der Waals surface area contributed by atoms with E-state index in [1.54, 1.807) is 25.1 Å². The minimum atomic E-state index is 0.697. The monoisotopic (exact) mass is 312 g/mol. The number of thioether (sulfide) groups is 1. The van der Waals surface area contributed by atoms with Crippen LogP contribution in [0.15, 0.2) is 47.8 Å². The van der Waals surface area contributed by atoms with Crippen LogP contribution >= 0.6 is 11.8 Å². The number of pyridine rings is 1. The number of benzene rings is 1. The SMILES string of the molecule is COc1cc(C)ccc1-c1nc(SCc2ccccn2)n[nH]1. The molecule has 0 amide bonds. The van der Waals surface area contributed by atoms with Gasteiger partial charge in [0.15, 0.2) is 5.82 Å². The lowest BCUT2D eigenvalue weighted by atomic mass is 10.1. The molecule has 0 aliphatic heterocycles. The Morgan fingerprint density at radius 3 is 2.91 bits per heavy atom. The summed E-state index contributed by atoms with van der Waals surface area (Å²) >= 11 is 1.55. The van der Waals surface area contributed by atoms with Crippen LogP contribution in [0.1, 0.15) is 11.3 Å². The van der Waals surface area contributed by atoms with E-state index in [1.807, 2.05) is 43.3 Å². The fraction of sp³-hybridized carbons (Fsp3) is 0.188. The lowest BCUT2D eigenvalue weighted by molar-refractivity contribution is 0.416. The van der Waals surface area contributed by atoms with Crippen LogP contribution < -0.4 is 4.74 Å². The summed E-state index contributed by atoms with van der Waals surface area (Å²) in [6, 6.07) is 11.9. The Morgan fingerprint density at radius 1 is 1.23 bits per heavy atom. The quantitative estimate of drug-likeness (QED) is 0.731. The van der Waals surface area contributed by atoms with Crippen LogP contribution in [0, 0.1) is 6.92 Å². The highest BCUT2D eigenvalue weighted by Gasteiger charge is 2.11. The molecule has 0 aliphatic rings. The van der Waals surface area contributed by atoms with E-state index in [0.29, 0.717) is 11.0 Å². The summed E-state index contributed by atoms with van der Waals surface area (Å²) in [6.45, 7) is 2.03. The van der Waals surface area contributed by atoms with Crippen LogP contribution in [-0.2, 0) is 5.75 Å². The smallest absolute Gasteiger partial charge is 0.209 e. The number of nitrogens with zero attached hydrogens (tertiary/aromatic N) is 3. The molecule has 2 aromatic heterocycles. The van der Waals surface area contributed by atoms with Gasteiger partial charge < -0.3 is 4.74 Å². The first-order chi connectivity index (χ1) is 10.8. The third-order valence-electron chi connectivity index (χ3n) is 3.15. The van der Waals surface area contributed by atoms with Gasteiger partial charge in [-0.2, -0.15) is 0 Å². The normalized spacial score (nSPS) is 10.6. The van der Waals surface area contributed by atoms with Crippen LogP contribution in [0.4, 0.5) is 0 Å². The van der Waals surface area contributed by atoms with Gasteiger partial charge in [0.2, 0.25) is 5.16 Å². The molecule has 5 nitrogen and oxygen atoms in total. The van der Waals surface area contributed by atoms with Crippen molar-refractivity contribution in [1.29, 1.82) is 0 Å². The van der Waals surface area contributed by atoms with E-state index >= 15 is 0 Å². The summed E-state index contributed by atoms with van der Waals surface area (Å²) in [5, 5.41) is 7.92. The first kappa shape index (κ1) is 14.6. The van der Waals surface area contributed by atoms with Gasteiger partial charge in [0.05, 0.1) is 18.4 Å². The number of nitrogens with one attached hydrogen (secondary N) is 1. The van der Waals surface area contributed by atoms with E-state index in [2.05, 4.69) is 20.2 Å². The molecular formula is C16H16N4OS. The summed E-state index contributed by atoms with van der Waals surface area (Å²) in [6.07, 6.45) is 1.79. The van der Waals surface area contributed by atoms with Crippen molar-refractivity contribution < 1.29 is 4.74 Å². The molecule has 0 aliphatic carbocycles. The van der Waals surface area contributed by atoms with Crippen LogP contribution in [0.25, 0.3) is 11.4 Å². The molecule has 0 saturated carbocycles. The van der Waals surface area contributed by atoms with Crippen molar-refractivity contribution in [3.8, 4) is 17.1 Å². The van der Waals surface area contributed by atoms with Gasteiger partial charge in [-0.3, -0.25) is 10.1 Å². The van der Waals surface area contributed by atoms with E-state index in [9.17, 15) is 0 Å². The lowest BCUT2D eigenvalue weighted by Gasteiger charge is -2.06. The zero-order valence-corrected chi connectivity index (χ0v) is 13.2. The first-order valence-electron chi connectivity index (χ1n) is 6.86. The molecule has 1 aromatic carbocycles. The Kier molecular flexibility index (Phi) is 4.39. The third kappa shape index (κ3) is 3.28. The molecule has 0 saturated heterocycles. The summed E-state index contributed by atoms with van der Waals surface area (Å²) in [4.78, 5) is 8.81. The number of methoxy groups -OCH3 is 1. The number of aromatic amines is 1. The number of rotatable bonds is 5. The highest BCUT2D eigenvalue weighted by atomic mass is 32.2. The molecule has 0 radical (unpaired) electrons. The van der Waals surface area contributed by atoms with Gasteiger partial charge in [0.25, 0.3) is 0 Å². The summed E-state index contributed by atoms with van der Waals surface area (Å²) < 4.78 is 5.41. The summed E-state index contributed by atoms with van der Waals surface area (Å²) in [7, 11) is 1.66. The minimum Gasteiger partial charge on any atom is -0.496 e. The first-order valence-corrected chi connectivity index (χ1v) is 7.85. The Morgan fingerprint density at radius 2 is 2.14 bits per heavy atom. The number of H-pyrrole nitrogens is 1. The number of ether oxygens (including phenoxy) is 1. The van der Waals surface area contributed by atoms with Crippen LogP contribution in [0.5, 0.6) is 5.75 Å². The average molecular weight is 312 g/mol. The standard InChI is InChI=1S/C16H16N4OS/c1-11-6-7-13(14(9-11)21-2)15-18-16(20-19-15)22-10-12-5-3-4-8-17-12/h3-9H,10H2,1-2H3,(H,18,19,20). The Bertz CT molecular complexity index is 758. The van der Waals surface area contributed by atoms with Gasteiger partial charge in [0, 0.05) is 11.9 Å². The van der Waals surface area contributed by atoms with Crippen molar-refractivity contribution in [3.05, 3.63) is 53.9 Å². The van der Waals surface area contributed by atoms with E-state index in [1.165, 1.54) is 0 Å². The highest BCUT2D eigenvalue weighted by Crippen LogP contribution is 2.29. The number of hydrogen-bond acceptors (Lipinski definition) is 5. The molecule has 0 unspecified atom stereocenters.